The summed E-state index contributed by atoms with van der Waals surface area (Å²) >= 11 is 0. The van der Waals surface area contributed by atoms with Gasteiger partial charge in [-0.25, -0.2) is 0 Å². The quantitative estimate of drug-likeness (QED) is 0.175. The number of hydrogen-bond donors (Lipinski definition) is 4. The fraction of sp³-hybridized carbons (Fsp3) is 0.860. The van der Waals surface area contributed by atoms with Gasteiger partial charge in [-0.3, -0.25) is 4.79 Å². The van der Waals surface area contributed by atoms with Crippen molar-refractivity contribution in [2.75, 3.05) is 35.3 Å². The van der Waals surface area contributed by atoms with Gasteiger partial charge in [0, 0.05) is 32.4 Å². The van der Waals surface area contributed by atoms with Gasteiger partial charge in [-0.15, -0.1) is 0 Å². The molecule has 16 heteroatoms. The number of esters is 1. The highest BCUT2D eigenvalue weighted by molar-refractivity contribution is 5.70. The number of hydrogen-bond acceptors (Lipinski definition) is 16. The van der Waals surface area contributed by atoms with Crippen molar-refractivity contribution in [3.63, 3.8) is 0 Å². The van der Waals surface area contributed by atoms with Crippen LogP contribution < -0.4 is 0 Å². The van der Waals surface area contributed by atoms with Crippen molar-refractivity contribution in [3.8, 4) is 0 Å². The number of cyclic esters (lactones) is 1. The van der Waals surface area contributed by atoms with E-state index in [1.165, 1.54) is 14.0 Å². The van der Waals surface area contributed by atoms with Gasteiger partial charge in [0.2, 0.25) is 0 Å². The SMILES string of the molecule is CO[C@@H]1[C@@H](O[C@@H]2O[C@H](C)[C@H](O[C@@H]3C[C@](C)(O)[C@H](O)[C@H](C)O3)[C@H](N(C)C)[C@@H]2O)[C@@H](CC=O)C[C@@H](C)[C@@H](O[C@@H]2CC[C@@H](N(C)C)[C@@H](C)O2)/C=C/C=C\C[C@@H](C)OC(=O)C[C@H]1O. The second-order valence-corrected chi connectivity index (χ2v) is 17.8. The smallest absolute Gasteiger partial charge is 0.308 e. The van der Waals surface area contributed by atoms with Crippen LogP contribution in [0.2, 0.25) is 0 Å². The highest BCUT2D eigenvalue weighted by Gasteiger charge is 2.52. The number of carbonyl (C=O) groups excluding carboxylic acids is 2. The standard InChI is InChI=1S/C43H74N2O14/c1-24-21-29(19-20-46)39(59-42-37(49)36(45(9)10)38(27(4)56-42)58-35-23-43(6,51)41(50)28(5)55-35)40(52-11)31(47)22-33(48)53-25(2)15-13-12-14-16-32(24)57-34-18-17-30(44(7)8)26(3)54-34/h12-14,16,20,24-32,34-42,47,49-51H,15,17-19,21-23H2,1-11H3/b13-12-,16-14+/t24-,25-,26-,27-,28+,29+,30-,31-,32+,34-,35-,36-,37+,38+,39+,40+,41-,42+,43+/m1/s1. The molecule has 0 bridgehead atoms. The average molecular weight is 843 g/mol. The molecule has 0 saturated carbocycles. The molecular formula is C43H74N2O14. The third-order valence-corrected chi connectivity index (χ3v) is 12.4. The Morgan fingerprint density at radius 1 is 0.864 bits per heavy atom. The topological polar surface area (TPSA) is 195 Å². The van der Waals surface area contributed by atoms with E-state index in [9.17, 15) is 30.0 Å². The maximum absolute atomic E-state index is 13.1. The molecule has 0 aromatic rings. The van der Waals surface area contributed by atoms with Crippen molar-refractivity contribution in [2.45, 2.75) is 190 Å². The molecule has 340 valence electrons. The van der Waals surface area contributed by atoms with Crippen LogP contribution in [0.1, 0.15) is 86.5 Å². The monoisotopic (exact) mass is 843 g/mol. The first kappa shape index (κ1) is 49.8. The Hall–Kier alpha value is -1.90. The molecule has 0 radical (unpaired) electrons. The molecule has 59 heavy (non-hydrogen) atoms. The summed E-state index contributed by atoms with van der Waals surface area (Å²) in [5.41, 5.74) is -1.47. The summed E-state index contributed by atoms with van der Waals surface area (Å²) in [7, 11) is 9.03. The minimum Gasteiger partial charge on any atom is -0.462 e. The lowest BCUT2D eigenvalue weighted by Crippen LogP contribution is -2.65. The zero-order chi connectivity index (χ0) is 43.8. The highest BCUT2D eigenvalue weighted by atomic mass is 16.7. The van der Waals surface area contributed by atoms with Crippen molar-refractivity contribution in [3.05, 3.63) is 24.3 Å². The summed E-state index contributed by atoms with van der Waals surface area (Å²) in [6.07, 6.45) is -1.56. The number of aldehydes is 1. The van der Waals surface area contributed by atoms with Crippen LogP contribution in [0.15, 0.2) is 24.3 Å². The fourth-order valence-corrected chi connectivity index (χ4v) is 9.10. The molecule has 0 amide bonds. The number of likely N-dealkylation sites (N-methyl/N-ethyl adjacent to an activating group) is 2. The Balaban J connectivity index is 1.66. The Kier molecular flexibility index (Phi) is 18.9. The van der Waals surface area contributed by atoms with Crippen LogP contribution in [0.5, 0.6) is 0 Å². The molecule has 4 rings (SSSR count). The lowest BCUT2D eigenvalue weighted by molar-refractivity contribution is -0.344. The Labute approximate surface area is 351 Å². The van der Waals surface area contributed by atoms with Crippen LogP contribution >= 0.6 is 0 Å². The number of carbonyl (C=O) groups is 2. The van der Waals surface area contributed by atoms with Crippen molar-refractivity contribution >= 4 is 12.3 Å². The number of nitrogens with zero attached hydrogens (tertiary/aromatic N) is 2. The van der Waals surface area contributed by atoms with Crippen molar-refractivity contribution < 1.29 is 67.9 Å². The van der Waals surface area contributed by atoms with E-state index in [0.717, 1.165) is 12.7 Å². The van der Waals surface area contributed by atoms with E-state index in [1.807, 2.05) is 52.2 Å². The van der Waals surface area contributed by atoms with Crippen molar-refractivity contribution in [1.29, 1.82) is 0 Å². The van der Waals surface area contributed by atoms with Crippen LogP contribution in [-0.4, -0.2) is 181 Å². The lowest BCUT2D eigenvalue weighted by Gasteiger charge is -2.50. The number of methoxy groups -OCH3 is 1. The number of rotatable bonds is 11. The lowest BCUT2D eigenvalue weighted by atomic mass is 9.82. The molecule has 0 aromatic carbocycles. The largest absolute Gasteiger partial charge is 0.462 e. The van der Waals surface area contributed by atoms with E-state index in [4.69, 9.17) is 37.9 Å². The molecule has 4 heterocycles. The first-order chi connectivity index (χ1) is 27.8. The molecule has 19 atom stereocenters. The average Bonchev–Trinajstić information content (AvgIpc) is 3.13. The van der Waals surface area contributed by atoms with E-state index in [1.54, 1.807) is 39.8 Å². The van der Waals surface area contributed by atoms with Gasteiger partial charge in [-0.1, -0.05) is 31.2 Å². The maximum Gasteiger partial charge on any atom is 0.308 e. The molecule has 0 aliphatic carbocycles. The van der Waals surface area contributed by atoms with Gasteiger partial charge >= 0.3 is 5.97 Å². The summed E-state index contributed by atoms with van der Waals surface area (Å²) < 4.78 is 50.0. The second kappa shape index (κ2) is 22.5. The Bertz CT molecular complexity index is 1370. The molecule has 0 aromatic heterocycles. The minimum absolute atomic E-state index is 0.00885. The van der Waals surface area contributed by atoms with Gasteiger partial charge in [0.15, 0.2) is 18.9 Å². The molecular weight excluding hydrogens is 768 g/mol. The van der Waals surface area contributed by atoms with Gasteiger partial charge < -0.3 is 72.9 Å². The summed E-state index contributed by atoms with van der Waals surface area (Å²) in [6, 6.07) is -0.466. The van der Waals surface area contributed by atoms with Crippen LogP contribution in [0, 0.1) is 11.8 Å². The van der Waals surface area contributed by atoms with E-state index in [-0.39, 0.29) is 30.9 Å². The second-order valence-electron chi connectivity index (χ2n) is 17.8. The van der Waals surface area contributed by atoms with Crippen LogP contribution in [0.3, 0.4) is 0 Å². The van der Waals surface area contributed by atoms with Crippen molar-refractivity contribution in [1.82, 2.24) is 9.80 Å². The molecule has 4 aliphatic rings. The normalized spacial score (nSPS) is 45.8. The first-order valence-electron chi connectivity index (χ1n) is 21.3. The Morgan fingerprint density at radius 2 is 1.56 bits per heavy atom. The van der Waals surface area contributed by atoms with E-state index in [2.05, 4.69) is 4.90 Å². The zero-order valence-electron chi connectivity index (χ0n) is 37.0. The number of allylic oxidation sites excluding steroid dienone is 2. The van der Waals surface area contributed by atoms with Gasteiger partial charge in [-0.2, -0.15) is 0 Å². The van der Waals surface area contributed by atoms with Gasteiger partial charge in [-0.05, 0) is 93.9 Å². The van der Waals surface area contributed by atoms with Crippen LogP contribution in [0.25, 0.3) is 0 Å². The summed E-state index contributed by atoms with van der Waals surface area (Å²) in [4.78, 5) is 29.5. The molecule has 4 aliphatic heterocycles. The van der Waals surface area contributed by atoms with Crippen LogP contribution in [-0.2, 0) is 47.5 Å². The van der Waals surface area contributed by atoms with Gasteiger partial charge in [0.05, 0.1) is 54.7 Å². The zero-order valence-corrected chi connectivity index (χ0v) is 37.0. The predicted molar refractivity (Wildman–Crippen MR) is 217 cm³/mol. The molecule has 16 nitrogen and oxygen atoms in total. The molecule has 4 N–H and O–H groups in total. The van der Waals surface area contributed by atoms with Crippen molar-refractivity contribution in [2.24, 2.45) is 11.8 Å². The number of aliphatic hydroxyl groups excluding tert-OH is 3. The predicted octanol–water partition coefficient (Wildman–Crippen LogP) is 2.33. The molecule has 3 saturated heterocycles. The van der Waals surface area contributed by atoms with Gasteiger partial charge in [0.1, 0.15) is 36.8 Å². The van der Waals surface area contributed by atoms with Crippen LogP contribution in [0.4, 0.5) is 0 Å². The van der Waals surface area contributed by atoms with E-state index < -0.39 is 110 Å². The first-order valence-corrected chi connectivity index (χ1v) is 21.3. The maximum atomic E-state index is 13.1. The summed E-state index contributed by atoms with van der Waals surface area (Å²) in [6.45, 7) is 10.8. The molecule has 3 fully saturated rings. The summed E-state index contributed by atoms with van der Waals surface area (Å²) in [5.74, 6) is -1.47. The number of aliphatic hydroxyl groups is 4. The highest BCUT2D eigenvalue weighted by Crippen LogP contribution is 2.37. The Morgan fingerprint density at radius 3 is 2.17 bits per heavy atom. The van der Waals surface area contributed by atoms with E-state index >= 15 is 0 Å². The number of ether oxygens (including phenoxy) is 8. The molecule has 0 spiro atoms. The third-order valence-electron chi connectivity index (χ3n) is 12.4. The minimum atomic E-state index is -1.47. The third kappa shape index (κ3) is 13.3. The fourth-order valence-electron chi connectivity index (χ4n) is 9.10. The van der Waals surface area contributed by atoms with Gasteiger partial charge in [0.25, 0.3) is 0 Å². The van der Waals surface area contributed by atoms with E-state index in [0.29, 0.717) is 19.3 Å². The molecule has 0 unspecified atom stereocenters. The summed E-state index contributed by atoms with van der Waals surface area (Å²) in [5, 5.41) is 45.1.